The lowest BCUT2D eigenvalue weighted by Gasteiger charge is -2.06. The van der Waals surface area contributed by atoms with Crippen LogP contribution in [-0.2, 0) is 11.2 Å². The number of phenolic OH excluding ortho intramolecular Hbond substituents is 1. The van der Waals surface area contributed by atoms with E-state index in [1.165, 1.54) is 13.3 Å². The van der Waals surface area contributed by atoms with Gasteiger partial charge in [-0.1, -0.05) is 12.1 Å². The number of ether oxygens (including phenoxy) is 2. The van der Waals surface area contributed by atoms with Crippen LogP contribution in [0.1, 0.15) is 11.1 Å². The third kappa shape index (κ3) is 4.85. The van der Waals surface area contributed by atoms with E-state index in [4.69, 9.17) is 9.47 Å². The molecular weight excluding hydrogens is 423 g/mol. The van der Waals surface area contributed by atoms with Crippen LogP contribution < -0.4 is 14.9 Å². The molecule has 0 heterocycles. The third-order valence-corrected chi connectivity index (χ3v) is 4.02. The monoisotopic (exact) mass is 440 g/mol. The Bertz CT molecular complexity index is 745. The number of aromatic hydroxyl groups is 1. The van der Waals surface area contributed by atoms with Crippen molar-refractivity contribution in [2.75, 3.05) is 14.2 Å². The molecule has 0 spiro atoms. The Kier molecular flexibility index (Phi) is 6.42. The van der Waals surface area contributed by atoms with Gasteiger partial charge in [0.15, 0.2) is 11.5 Å². The molecule has 6 nitrogen and oxygen atoms in total. The Balaban J connectivity index is 1.95. The van der Waals surface area contributed by atoms with Gasteiger partial charge in [0.2, 0.25) is 5.91 Å². The van der Waals surface area contributed by atoms with Crippen molar-refractivity contribution in [3.05, 3.63) is 51.1 Å². The number of hydrazone groups is 1. The van der Waals surface area contributed by atoms with Gasteiger partial charge in [0, 0.05) is 0 Å². The van der Waals surface area contributed by atoms with Crippen molar-refractivity contribution in [1.82, 2.24) is 5.43 Å². The molecule has 0 saturated carbocycles. The van der Waals surface area contributed by atoms with Gasteiger partial charge < -0.3 is 14.6 Å². The van der Waals surface area contributed by atoms with Gasteiger partial charge in [0.05, 0.1) is 30.4 Å². The Morgan fingerprint density at radius 1 is 1.25 bits per heavy atom. The molecule has 0 unspecified atom stereocenters. The smallest absolute Gasteiger partial charge is 0.244 e. The molecule has 0 bridgehead atoms. The van der Waals surface area contributed by atoms with E-state index in [0.29, 0.717) is 14.9 Å². The lowest BCUT2D eigenvalue weighted by molar-refractivity contribution is -0.120. The first-order chi connectivity index (χ1) is 11.5. The van der Waals surface area contributed by atoms with Gasteiger partial charge in [-0.2, -0.15) is 5.10 Å². The summed E-state index contributed by atoms with van der Waals surface area (Å²) in [5.41, 5.74) is 4.05. The summed E-state index contributed by atoms with van der Waals surface area (Å²) in [4.78, 5) is 11.9. The predicted molar refractivity (Wildman–Crippen MR) is 99.8 cm³/mol. The number of hydrogen-bond donors (Lipinski definition) is 2. The average Bonchev–Trinajstić information content (AvgIpc) is 2.58. The van der Waals surface area contributed by atoms with Crippen molar-refractivity contribution in [3.63, 3.8) is 0 Å². The molecule has 0 radical (unpaired) electrons. The number of nitrogens with zero attached hydrogens (tertiary/aromatic N) is 1. The quantitative estimate of drug-likeness (QED) is 0.412. The Morgan fingerprint density at radius 3 is 2.58 bits per heavy atom. The number of hydrogen-bond acceptors (Lipinski definition) is 5. The minimum absolute atomic E-state index is 0.0822. The van der Waals surface area contributed by atoms with Crippen LogP contribution in [0.25, 0.3) is 0 Å². The molecule has 2 aromatic rings. The number of carbonyl (C=O) groups excluding carboxylic acids is 1. The highest BCUT2D eigenvalue weighted by molar-refractivity contribution is 14.1. The van der Waals surface area contributed by atoms with E-state index in [-0.39, 0.29) is 18.1 Å². The van der Waals surface area contributed by atoms with E-state index in [0.717, 1.165) is 11.3 Å². The number of carbonyl (C=O) groups is 1. The number of halogens is 1. The molecular formula is C17H17IN2O4. The Hall–Kier alpha value is -2.29. The van der Waals surface area contributed by atoms with E-state index in [1.807, 2.05) is 34.7 Å². The van der Waals surface area contributed by atoms with Crippen LogP contribution in [0.15, 0.2) is 41.5 Å². The summed E-state index contributed by atoms with van der Waals surface area (Å²) >= 11 is 2.00. The Labute approximate surface area is 153 Å². The number of methoxy groups -OCH3 is 2. The standard InChI is InChI=1S/C17H17IN2O4/c1-23-13-5-3-11(4-6-13)9-16(21)20-19-10-12-7-14(18)17(22)15(8-12)24-2/h3-8,10,22H,9H2,1-2H3,(H,20,21)/b19-10-. The second-order valence-electron chi connectivity index (χ2n) is 4.87. The van der Waals surface area contributed by atoms with Crippen molar-refractivity contribution in [2.45, 2.75) is 6.42 Å². The molecule has 24 heavy (non-hydrogen) atoms. The van der Waals surface area contributed by atoms with Gasteiger partial charge >= 0.3 is 0 Å². The first-order valence-electron chi connectivity index (χ1n) is 7.05. The van der Waals surface area contributed by atoms with Crippen molar-refractivity contribution in [3.8, 4) is 17.2 Å². The van der Waals surface area contributed by atoms with Crippen molar-refractivity contribution in [1.29, 1.82) is 0 Å². The fourth-order valence-corrected chi connectivity index (χ4v) is 2.60. The predicted octanol–water partition coefficient (Wildman–Crippen LogP) is 2.71. The van der Waals surface area contributed by atoms with E-state index >= 15 is 0 Å². The van der Waals surface area contributed by atoms with E-state index in [2.05, 4.69) is 10.5 Å². The van der Waals surface area contributed by atoms with E-state index < -0.39 is 0 Å². The molecule has 2 N–H and O–H groups in total. The molecule has 7 heteroatoms. The van der Waals surface area contributed by atoms with Crippen LogP contribution >= 0.6 is 22.6 Å². The molecule has 0 aliphatic heterocycles. The van der Waals surface area contributed by atoms with Gasteiger partial charge in [-0.25, -0.2) is 5.43 Å². The lowest BCUT2D eigenvalue weighted by Crippen LogP contribution is -2.19. The molecule has 126 valence electrons. The highest BCUT2D eigenvalue weighted by Gasteiger charge is 2.07. The lowest BCUT2D eigenvalue weighted by atomic mass is 10.1. The summed E-state index contributed by atoms with van der Waals surface area (Å²) in [6, 6.07) is 10.6. The van der Waals surface area contributed by atoms with Crippen molar-refractivity contribution >= 4 is 34.7 Å². The zero-order valence-corrected chi connectivity index (χ0v) is 15.4. The van der Waals surface area contributed by atoms with Crippen LogP contribution in [0.4, 0.5) is 0 Å². The first-order valence-corrected chi connectivity index (χ1v) is 8.12. The van der Waals surface area contributed by atoms with Crippen LogP contribution in [0.3, 0.4) is 0 Å². The number of rotatable bonds is 6. The van der Waals surface area contributed by atoms with Gasteiger partial charge in [-0.15, -0.1) is 0 Å². The topological polar surface area (TPSA) is 80.2 Å². The summed E-state index contributed by atoms with van der Waals surface area (Å²) in [7, 11) is 3.07. The van der Waals surface area contributed by atoms with Crippen LogP contribution in [0.2, 0.25) is 0 Å². The zero-order chi connectivity index (χ0) is 17.5. The number of phenols is 1. The van der Waals surface area contributed by atoms with Crippen molar-refractivity contribution in [2.24, 2.45) is 5.10 Å². The second kappa shape index (κ2) is 8.53. The summed E-state index contributed by atoms with van der Waals surface area (Å²) in [6.07, 6.45) is 1.72. The maximum atomic E-state index is 11.9. The molecule has 0 aliphatic rings. The van der Waals surface area contributed by atoms with Gasteiger partial charge in [-0.05, 0) is 58.0 Å². The minimum atomic E-state index is -0.225. The highest BCUT2D eigenvalue weighted by atomic mass is 127. The molecule has 1 amide bonds. The summed E-state index contributed by atoms with van der Waals surface area (Å²) in [5, 5.41) is 13.7. The minimum Gasteiger partial charge on any atom is -0.504 e. The maximum absolute atomic E-state index is 11.9. The highest BCUT2D eigenvalue weighted by Crippen LogP contribution is 2.31. The number of amides is 1. The van der Waals surface area contributed by atoms with E-state index in [1.54, 1.807) is 31.4 Å². The third-order valence-electron chi connectivity index (χ3n) is 3.20. The summed E-state index contributed by atoms with van der Waals surface area (Å²) < 4.78 is 10.8. The van der Waals surface area contributed by atoms with Crippen LogP contribution in [0.5, 0.6) is 17.2 Å². The fourth-order valence-electron chi connectivity index (χ4n) is 1.97. The fraction of sp³-hybridized carbons (Fsp3) is 0.176. The number of benzene rings is 2. The summed E-state index contributed by atoms with van der Waals surface area (Å²) in [5.74, 6) is 0.955. The largest absolute Gasteiger partial charge is 0.504 e. The van der Waals surface area contributed by atoms with Crippen LogP contribution in [-0.4, -0.2) is 31.4 Å². The first kappa shape index (κ1) is 18.1. The van der Waals surface area contributed by atoms with Gasteiger partial charge in [0.1, 0.15) is 5.75 Å². The van der Waals surface area contributed by atoms with Crippen molar-refractivity contribution < 1.29 is 19.4 Å². The van der Waals surface area contributed by atoms with E-state index in [9.17, 15) is 9.90 Å². The second-order valence-corrected chi connectivity index (χ2v) is 6.03. The van der Waals surface area contributed by atoms with Crippen LogP contribution in [0, 0.1) is 3.57 Å². The summed E-state index contributed by atoms with van der Waals surface area (Å²) in [6.45, 7) is 0. The van der Waals surface area contributed by atoms with Gasteiger partial charge in [0.25, 0.3) is 0 Å². The zero-order valence-electron chi connectivity index (χ0n) is 13.2. The Morgan fingerprint density at radius 2 is 1.96 bits per heavy atom. The molecule has 0 atom stereocenters. The van der Waals surface area contributed by atoms with Gasteiger partial charge in [-0.3, -0.25) is 4.79 Å². The molecule has 2 rings (SSSR count). The molecule has 2 aromatic carbocycles. The maximum Gasteiger partial charge on any atom is 0.244 e. The average molecular weight is 440 g/mol. The SMILES string of the molecule is COc1ccc(CC(=O)N/N=C\c2cc(I)c(O)c(OC)c2)cc1. The normalized spacial score (nSPS) is 10.6. The molecule has 0 fully saturated rings. The molecule has 0 saturated heterocycles. The number of nitrogens with one attached hydrogen (secondary N) is 1. The molecule has 0 aliphatic carbocycles. The molecule has 0 aromatic heterocycles.